The maximum atomic E-state index is 14.2. The van der Waals surface area contributed by atoms with Gasteiger partial charge in [0, 0.05) is 34.0 Å². The number of carbonyl (C=O) groups is 4. The molecule has 0 aromatic heterocycles. The molecule has 248 valence electrons. The van der Waals surface area contributed by atoms with E-state index >= 15 is 0 Å². The Morgan fingerprint density at radius 2 is 1.43 bits per heavy atom. The van der Waals surface area contributed by atoms with Gasteiger partial charge in [-0.05, 0) is 49.1 Å². The lowest BCUT2D eigenvalue weighted by molar-refractivity contribution is -0.149. The van der Waals surface area contributed by atoms with Gasteiger partial charge < -0.3 is 29.9 Å². The molecule has 0 aliphatic carbocycles. The van der Waals surface area contributed by atoms with E-state index in [0.717, 1.165) is 21.9 Å². The largest absolute Gasteiger partial charge is 0.444 e. The molecule has 2 N–H and O–H groups in total. The number of benzene rings is 3. The lowest BCUT2D eigenvalue weighted by Gasteiger charge is -2.34. The van der Waals surface area contributed by atoms with Crippen molar-refractivity contribution in [2.45, 2.75) is 70.7 Å². The van der Waals surface area contributed by atoms with Gasteiger partial charge in [0.05, 0.1) is 12.6 Å². The van der Waals surface area contributed by atoms with Crippen molar-refractivity contribution in [1.29, 1.82) is 0 Å². The summed E-state index contributed by atoms with van der Waals surface area (Å²) < 4.78 is 11.1. The van der Waals surface area contributed by atoms with E-state index in [0.29, 0.717) is 12.8 Å². The van der Waals surface area contributed by atoms with Gasteiger partial charge in [-0.3, -0.25) is 14.4 Å². The van der Waals surface area contributed by atoms with Gasteiger partial charge in [-0.1, -0.05) is 79.7 Å². The topological polar surface area (TPSA) is 117 Å². The van der Waals surface area contributed by atoms with Crippen molar-refractivity contribution in [1.82, 2.24) is 20.4 Å². The lowest BCUT2D eigenvalue weighted by atomic mass is 9.98. The Hall–Kier alpha value is -4.44. The summed E-state index contributed by atoms with van der Waals surface area (Å²) in [4.78, 5) is 55.8. The van der Waals surface area contributed by atoms with Gasteiger partial charge >= 0.3 is 6.09 Å². The number of amides is 4. The van der Waals surface area contributed by atoms with E-state index < -0.39 is 29.7 Å². The van der Waals surface area contributed by atoms with Crippen molar-refractivity contribution in [2.75, 3.05) is 34.4 Å². The Morgan fingerprint density at radius 1 is 0.804 bits per heavy atom. The standard InChI is InChI=1S/C36H48N4O6/c1-8-29(38-35(44)46-36(2,3)4)23-45-24-32(41)39(6)31(22-26-18-19-27-16-12-13-17-28(27)20-26)34(43)40(7)30(33(42)37-5)21-25-14-10-9-11-15-25/h9-20,29-31H,8,21-24H2,1-7H3,(H,37,42)(H,38,44)/t29?,30-,31-/m1/s1. The molecule has 0 aliphatic rings. The van der Waals surface area contributed by atoms with Crippen molar-refractivity contribution < 1.29 is 28.7 Å². The van der Waals surface area contributed by atoms with Crippen molar-refractivity contribution in [3.8, 4) is 0 Å². The zero-order valence-corrected chi connectivity index (χ0v) is 28.0. The first-order valence-electron chi connectivity index (χ1n) is 15.7. The molecule has 0 fully saturated rings. The lowest BCUT2D eigenvalue weighted by Crippen LogP contribution is -2.56. The number of nitrogens with zero attached hydrogens (tertiary/aromatic N) is 2. The van der Waals surface area contributed by atoms with Crippen molar-refractivity contribution >= 4 is 34.6 Å². The molecule has 46 heavy (non-hydrogen) atoms. The second kappa shape index (κ2) is 16.7. The molecule has 3 atom stereocenters. The Kier molecular flexibility index (Phi) is 13.1. The molecule has 10 heteroatoms. The maximum Gasteiger partial charge on any atom is 0.407 e. The van der Waals surface area contributed by atoms with E-state index in [1.165, 1.54) is 9.80 Å². The molecule has 0 aliphatic heterocycles. The van der Waals surface area contributed by atoms with Gasteiger partial charge in [-0.25, -0.2) is 4.79 Å². The number of likely N-dealkylation sites (N-methyl/N-ethyl adjacent to an activating group) is 3. The molecule has 4 amide bonds. The van der Waals surface area contributed by atoms with Gasteiger partial charge in [-0.2, -0.15) is 0 Å². The molecular formula is C36H48N4O6. The Bertz CT molecular complexity index is 1470. The Morgan fingerprint density at radius 3 is 2.07 bits per heavy atom. The van der Waals surface area contributed by atoms with Gasteiger partial charge in [-0.15, -0.1) is 0 Å². The first kappa shape index (κ1) is 36.0. The van der Waals surface area contributed by atoms with E-state index in [2.05, 4.69) is 10.6 Å². The molecule has 0 spiro atoms. The number of alkyl carbamates (subject to hydrolysis) is 1. The minimum absolute atomic E-state index is 0.0916. The van der Waals surface area contributed by atoms with Crippen molar-refractivity contribution in [2.24, 2.45) is 0 Å². The van der Waals surface area contributed by atoms with Crippen LogP contribution in [-0.4, -0.2) is 91.7 Å². The summed E-state index contributed by atoms with van der Waals surface area (Å²) in [7, 11) is 4.71. The second-order valence-corrected chi connectivity index (χ2v) is 12.4. The van der Waals surface area contributed by atoms with Gasteiger partial charge in [0.2, 0.25) is 17.7 Å². The van der Waals surface area contributed by atoms with Crippen LogP contribution in [0.1, 0.15) is 45.2 Å². The fraction of sp³-hybridized carbons (Fsp3) is 0.444. The number of nitrogens with one attached hydrogen (secondary N) is 2. The summed E-state index contributed by atoms with van der Waals surface area (Å²) in [5.74, 6) is -1.07. The van der Waals surface area contributed by atoms with E-state index in [1.54, 1.807) is 41.9 Å². The van der Waals surface area contributed by atoms with Gasteiger partial charge in [0.1, 0.15) is 24.3 Å². The Labute approximate surface area is 272 Å². The molecule has 3 aromatic rings. The summed E-state index contributed by atoms with van der Waals surface area (Å²) in [5.41, 5.74) is 1.14. The third-order valence-corrected chi connectivity index (χ3v) is 7.78. The second-order valence-electron chi connectivity index (χ2n) is 12.4. The average Bonchev–Trinajstić information content (AvgIpc) is 3.03. The molecule has 3 aromatic carbocycles. The highest BCUT2D eigenvalue weighted by Crippen LogP contribution is 2.20. The van der Waals surface area contributed by atoms with Gasteiger partial charge in [0.25, 0.3) is 0 Å². The van der Waals surface area contributed by atoms with E-state index in [-0.39, 0.29) is 37.5 Å². The number of fused-ring (bicyclic) bond motifs is 1. The molecule has 1 unspecified atom stereocenters. The number of ether oxygens (including phenoxy) is 2. The van der Waals surface area contributed by atoms with E-state index in [4.69, 9.17) is 9.47 Å². The third-order valence-electron chi connectivity index (χ3n) is 7.78. The average molecular weight is 633 g/mol. The van der Waals surface area contributed by atoms with Crippen LogP contribution in [0.4, 0.5) is 4.79 Å². The molecule has 0 bridgehead atoms. The molecule has 0 heterocycles. The van der Waals surface area contributed by atoms with E-state index in [1.807, 2.05) is 79.7 Å². The molecular weight excluding hydrogens is 584 g/mol. The highest BCUT2D eigenvalue weighted by atomic mass is 16.6. The van der Waals surface area contributed by atoms with Crippen LogP contribution in [0.2, 0.25) is 0 Å². The summed E-state index contributed by atoms with van der Waals surface area (Å²) in [6.07, 6.45) is 0.561. The minimum Gasteiger partial charge on any atom is -0.444 e. The summed E-state index contributed by atoms with van der Waals surface area (Å²) >= 11 is 0. The summed E-state index contributed by atoms with van der Waals surface area (Å²) in [5, 5.41) is 7.53. The zero-order valence-electron chi connectivity index (χ0n) is 28.0. The number of hydrogen-bond acceptors (Lipinski definition) is 6. The minimum atomic E-state index is -0.910. The number of carbonyl (C=O) groups excluding carboxylic acids is 4. The smallest absolute Gasteiger partial charge is 0.407 e. The highest BCUT2D eigenvalue weighted by Gasteiger charge is 2.35. The van der Waals surface area contributed by atoms with Crippen LogP contribution in [0.5, 0.6) is 0 Å². The van der Waals surface area contributed by atoms with Crippen molar-refractivity contribution in [3.05, 3.63) is 83.9 Å². The highest BCUT2D eigenvalue weighted by molar-refractivity contribution is 5.92. The quantitative estimate of drug-likeness (QED) is 0.273. The molecule has 3 rings (SSSR count). The molecule has 0 radical (unpaired) electrons. The molecule has 10 nitrogen and oxygen atoms in total. The maximum absolute atomic E-state index is 14.2. The zero-order chi connectivity index (χ0) is 33.9. The predicted molar refractivity (Wildman–Crippen MR) is 179 cm³/mol. The fourth-order valence-corrected chi connectivity index (χ4v) is 5.08. The van der Waals surface area contributed by atoms with Crippen LogP contribution >= 0.6 is 0 Å². The van der Waals surface area contributed by atoms with Crippen LogP contribution in [-0.2, 0) is 36.7 Å². The number of rotatable bonds is 14. The molecule has 0 saturated heterocycles. The first-order valence-corrected chi connectivity index (χ1v) is 15.7. The summed E-state index contributed by atoms with van der Waals surface area (Å²) in [6.45, 7) is 7.04. The van der Waals surface area contributed by atoms with Crippen LogP contribution in [0, 0.1) is 0 Å². The van der Waals surface area contributed by atoms with Crippen LogP contribution < -0.4 is 10.6 Å². The van der Waals surface area contributed by atoms with Crippen molar-refractivity contribution in [3.63, 3.8) is 0 Å². The van der Waals surface area contributed by atoms with E-state index in [9.17, 15) is 19.2 Å². The first-order chi connectivity index (χ1) is 21.8. The number of hydrogen-bond donors (Lipinski definition) is 2. The fourth-order valence-electron chi connectivity index (χ4n) is 5.08. The SMILES string of the molecule is CCC(COCC(=O)N(C)[C@H](Cc1ccc2ccccc2c1)C(=O)N(C)[C@H](Cc1ccccc1)C(=O)NC)NC(=O)OC(C)(C)C. The van der Waals surface area contributed by atoms with Crippen LogP contribution in [0.15, 0.2) is 72.8 Å². The van der Waals surface area contributed by atoms with Crippen LogP contribution in [0.25, 0.3) is 10.8 Å². The van der Waals surface area contributed by atoms with Gasteiger partial charge in [0.15, 0.2) is 0 Å². The summed E-state index contributed by atoms with van der Waals surface area (Å²) in [6, 6.07) is 21.3. The predicted octanol–water partition coefficient (Wildman–Crippen LogP) is 4.34. The Balaban J connectivity index is 1.80. The monoisotopic (exact) mass is 632 g/mol. The normalized spacial score (nSPS) is 13.3. The third kappa shape index (κ3) is 10.6. The van der Waals surface area contributed by atoms with Crippen LogP contribution in [0.3, 0.4) is 0 Å². The molecule has 0 saturated carbocycles.